The summed E-state index contributed by atoms with van der Waals surface area (Å²) < 4.78 is 5.55. The van der Waals surface area contributed by atoms with Crippen LogP contribution in [0.5, 0.6) is 11.5 Å². The average molecular weight is 194 g/mol. The first kappa shape index (κ1) is 10.9. The third-order valence-corrected chi connectivity index (χ3v) is 2.46. The number of benzene rings is 1. The van der Waals surface area contributed by atoms with Crippen molar-refractivity contribution in [3.05, 3.63) is 22.8 Å². The number of hydrogen-bond acceptors (Lipinski definition) is 2. The summed E-state index contributed by atoms with van der Waals surface area (Å²) in [4.78, 5) is 0. The highest BCUT2D eigenvalue weighted by Gasteiger charge is 2.11. The van der Waals surface area contributed by atoms with E-state index in [2.05, 4.69) is 0 Å². The van der Waals surface area contributed by atoms with Gasteiger partial charge in [-0.1, -0.05) is 6.92 Å². The SMILES string of the molecule is CCOc1c(C)cc(O)c(CC)c1C. The first-order valence-corrected chi connectivity index (χ1v) is 5.06. The van der Waals surface area contributed by atoms with E-state index < -0.39 is 0 Å². The zero-order valence-corrected chi connectivity index (χ0v) is 9.35. The molecule has 0 amide bonds. The van der Waals surface area contributed by atoms with E-state index in [0.717, 1.165) is 28.9 Å². The Morgan fingerprint density at radius 1 is 1.29 bits per heavy atom. The largest absolute Gasteiger partial charge is 0.508 e. The summed E-state index contributed by atoms with van der Waals surface area (Å²) in [6, 6.07) is 1.77. The second-order valence-corrected chi connectivity index (χ2v) is 3.43. The molecule has 0 aliphatic heterocycles. The third-order valence-electron chi connectivity index (χ3n) is 2.46. The van der Waals surface area contributed by atoms with Gasteiger partial charge in [-0.3, -0.25) is 0 Å². The Hall–Kier alpha value is -1.18. The monoisotopic (exact) mass is 194 g/mol. The Kier molecular flexibility index (Phi) is 3.39. The standard InChI is InChI=1S/C12H18O2/c1-5-10-9(4)12(14-6-2)8(3)7-11(10)13/h7,13H,5-6H2,1-4H3. The Bertz CT molecular complexity index is 330. The van der Waals surface area contributed by atoms with Gasteiger partial charge in [-0.15, -0.1) is 0 Å². The maximum absolute atomic E-state index is 9.71. The molecule has 0 aliphatic carbocycles. The van der Waals surface area contributed by atoms with Crippen LogP contribution in [-0.4, -0.2) is 11.7 Å². The fourth-order valence-corrected chi connectivity index (χ4v) is 1.80. The molecule has 0 fully saturated rings. The molecule has 0 bridgehead atoms. The Labute approximate surface area is 85.5 Å². The molecule has 0 atom stereocenters. The zero-order valence-electron chi connectivity index (χ0n) is 9.35. The number of aromatic hydroxyl groups is 1. The van der Waals surface area contributed by atoms with E-state index in [1.807, 2.05) is 27.7 Å². The third kappa shape index (κ3) is 1.84. The van der Waals surface area contributed by atoms with Crippen LogP contribution in [-0.2, 0) is 6.42 Å². The number of rotatable bonds is 3. The van der Waals surface area contributed by atoms with Crippen molar-refractivity contribution >= 4 is 0 Å². The van der Waals surface area contributed by atoms with Gasteiger partial charge in [0.1, 0.15) is 11.5 Å². The van der Waals surface area contributed by atoms with Crippen LogP contribution in [0.1, 0.15) is 30.5 Å². The molecule has 0 heterocycles. The van der Waals surface area contributed by atoms with Crippen LogP contribution in [0.25, 0.3) is 0 Å². The molecular weight excluding hydrogens is 176 g/mol. The maximum Gasteiger partial charge on any atom is 0.125 e. The molecule has 0 saturated heterocycles. The van der Waals surface area contributed by atoms with Crippen molar-refractivity contribution in [1.82, 2.24) is 0 Å². The highest BCUT2D eigenvalue weighted by molar-refractivity contribution is 5.52. The summed E-state index contributed by atoms with van der Waals surface area (Å²) in [6.45, 7) is 8.62. The molecule has 1 rings (SSSR count). The van der Waals surface area contributed by atoms with E-state index >= 15 is 0 Å². The summed E-state index contributed by atoms with van der Waals surface area (Å²) in [6.07, 6.45) is 0.831. The Balaban J connectivity index is 3.28. The predicted octanol–water partition coefficient (Wildman–Crippen LogP) is 2.97. The molecular formula is C12H18O2. The van der Waals surface area contributed by atoms with Gasteiger partial charge in [-0.25, -0.2) is 0 Å². The molecule has 1 N–H and O–H groups in total. The first-order chi connectivity index (χ1) is 6.61. The van der Waals surface area contributed by atoms with Gasteiger partial charge in [0.05, 0.1) is 6.61 Å². The van der Waals surface area contributed by atoms with Crippen molar-refractivity contribution in [2.45, 2.75) is 34.1 Å². The number of aryl methyl sites for hydroxylation is 1. The molecule has 1 aromatic carbocycles. The van der Waals surface area contributed by atoms with E-state index in [1.165, 1.54) is 0 Å². The van der Waals surface area contributed by atoms with Gasteiger partial charge >= 0.3 is 0 Å². The van der Waals surface area contributed by atoms with Gasteiger partial charge < -0.3 is 9.84 Å². The van der Waals surface area contributed by atoms with Crippen molar-refractivity contribution in [3.8, 4) is 11.5 Å². The van der Waals surface area contributed by atoms with E-state index in [9.17, 15) is 5.11 Å². The summed E-state index contributed by atoms with van der Waals surface area (Å²) >= 11 is 0. The minimum Gasteiger partial charge on any atom is -0.508 e. The Morgan fingerprint density at radius 2 is 1.93 bits per heavy atom. The molecule has 0 spiro atoms. The second kappa shape index (κ2) is 4.36. The normalized spacial score (nSPS) is 10.3. The zero-order chi connectivity index (χ0) is 10.7. The molecule has 0 aliphatic rings. The van der Waals surface area contributed by atoms with Gasteiger partial charge in [0, 0.05) is 5.56 Å². The molecule has 1 aromatic rings. The molecule has 2 heteroatoms. The highest BCUT2D eigenvalue weighted by Crippen LogP contribution is 2.33. The van der Waals surface area contributed by atoms with Crippen molar-refractivity contribution < 1.29 is 9.84 Å². The fourth-order valence-electron chi connectivity index (χ4n) is 1.80. The summed E-state index contributed by atoms with van der Waals surface area (Å²) in [5, 5.41) is 9.71. The minimum absolute atomic E-state index is 0.381. The van der Waals surface area contributed by atoms with Crippen LogP contribution < -0.4 is 4.74 Å². The van der Waals surface area contributed by atoms with Crippen molar-refractivity contribution in [2.24, 2.45) is 0 Å². The van der Waals surface area contributed by atoms with Crippen LogP contribution >= 0.6 is 0 Å². The second-order valence-electron chi connectivity index (χ2n) is 3.43. The lowest BCUT2D eigenvalue weighted by atomic mass is 10.0. The van der Waals surface area contributed by atoms with E-state index in [-0.39, 0.29) is 0 Å². The summed E-state index contributed by atoms with van der Waals surface area (Å²) in [7, 11) is 0. The fraction of sp³-hybridized carbons (Fsp3) is 0.500. The van der Waals surface area contributed by atoms with Crippen LogP contribution in [0, 0.1) is 13.8 Å². The van der Waals surface area contributed by atoms with Gasteiger partial charge in [0.25, 0.3) is 0 Å². The maximum atomic E-state index is 9.71. The van der Waals surface area contributed by atoms with Crippen molar-refractivity contribution in [2.75, 3.05) is 6.61 Å². The van der Waals surface area contributed by atoms with E-state index in [1.54, 1.807) is 6.07 Å². The lowest BCUT2D eigenvalue weighted by Crippen LogP contribution is -1.99. The van der Waals surface area contributed by atoms with Gasteiger partial charge in [0.2, 0.25) is 0 Å². The van der Waals surface area contributed by atoms with Crippen molar-refractivity contribution in [3.63, 3.8) is 0 Å². The topological polar surface area (TPSA) is 29.5 Å². The highest BCUT2D eigenvalue weighted by atomic mass is 16.5. The average Bonchev–Trinajstić information content (AvgIpc) is 2.12. The number of phenolic OH excluding ortho intramolecular Hbond substituents is 1. The van der Waals surface area contributed by atoms with Gasteiger partial charge in [-0.05, 0) is 44.4 Å². The van der Waals surface area contributed by atoms with Crippen LogP contribution in [0.3, 0.4) is 0 Å². The quantitative estimate of drug-likeness (QED) is 0.801. The van der Waals surface area contributed by atoms with Crippen molar-refractivity contribution in [1.29, 1.82) is 0 Å². The summed E-state index contributed by atoms with van der Waals surface area (Å²) in [5.41, 5.74) is 3.05. The van der Waals surface area contributed by atoms with Crippen LogP contribution in [0.15, 0.2) is 6.07 Å². The molecule has 2 nitrogen and oxygen atoms in total. The predicted molar refractivity (Wildman–Crippen MR) is 58.1 cm³/mol. The molecule has 0 unspecified atom stereocenters. The molecule has 14 heavy (non-hydrogen) atoms. The lowest BCUT2D eigenvalue weighted by molar-refractivity contribution is 0.334. The number of hydrogen-bond donors (Lipinski definition) is 1. The van der Waals surface area contributed by atoms with Gasteiger partial charge in [-0.2, -0.15) is 0 Å². The molecule has 0 saturated carbocycles. The Morgan fingerprint density at radius 3 is 2.43 bits per heavy atom. The van der Waals surface area contributed by atoms with E-state index in [0.29, 0.717) is 12.4 Å². The lowest BCUT2D eigenvalue weighted by Gasteiger charge is -2.15. The number of ether oxygens (including phenoxy) is 1. The molecule has 0 aromatic heterocycles. The first-order valence-electron chi connectivity index (χ1n) is 5.06. The minimum atomic E-state index is 0.381. The number of phenols is 1. The summed E-state index contributed by atoms with van der Waals surface area (Å²) in [5.74, 6) is 1.30. The van der Waals surface area contributed by atoms with Crippen LogP contribution in [0.4, 0.5) is 0 Å². The molecule has 0 radical (unpaired) electrons. The van der Waals surface area contributed by atoms with Gasteiger partial charge in [0.15, 0.2) is 0 Å². The molecule has 78 valence electrons. The van der Waals surface area contributed by atoms with E-state index in [4.69, 9.17) is 4.74 Å². The smallest absolute Gasteiger partial charge is 0.125 e. The van der Waals surface area contributed by atoms with Crippen LogP contribution in [0.2, 0.25) is 0 Å².